The first-order valence-corrected chi connectivity index (χ1v) is 17.6. The molecule has 0 aromatic heterocycles. The Morgan fingerprint density at radius 1 is 0.690 bits per heavy atom. The second-order valence-electron chi connectivity index (χ2n) is 13.3. The Balaban J connectivity index is 1.16. The van der Waals surface area contributed by atoms with Crippen LogP contribution in [0.2, 0.25) is 0 Å². The molecule has 42 heavy (non-hydrogen) atoms. The van der Waals surface area contributed by atoms with Gasteiger partial charge in [0.25, 0.3) is 0 Å². The van der Waals surface area contributed by atoms with Crippen LogP contribution in [-0.4, -0.2) is 70.1 Å². The van der Waals surface area contributed by atoms with E-state index in [1.54, 1.807) is 6.08 Å². The van der Waals surface area contributed by atoms with E-state index in [0.29, 0.717) is 18.4 Å². The molecule has 2 fully saturated rings. The van der Waals surface area contributed by atoms with Crippen LogP contribution in [0.15, 0.2) is 11.6 Å². The van der Waals surface area contributed by atoms with E-state index in [-0.39, 0.29) is 42.6 Å². The van der Waals surface area contributed by atoms with Crippen LogP contribution in [0.3, 0.4) is 0 Å². The lowest BCUT2D eigenvalue weighted by Crippen LogP contribution is -2.33. The molecule has 0 spiro atoms. The van der Waals surface area contributed by atoms with E-state index in [9.17, 15) is 20.1 Å². The third kappa shape index (κ3) is 12.9. The smallest absolute Gasteiger partial charge is 0.334 e. The van der Waals surface area contributed by atoms with Gasteiger partial charge >= 0.3 is 5.97 Å². The van der Waals surface area contributed by atoms with Crippen LogP contribution in [0.25, 0.3) is 0 Å². The predicted octanol–water partition coefficient (Wildman–Crippen LogP) is 7.08. The molecule has 3 heterocycles. The molecule has 7 unspecified atom stereocenters. The number of ether oxygens (including phenoxy) is 3. The molecule has 0 radical (unpaired) electrons. The monoisotopic (exact) mass is 594 g/mol. The molecule has 0 aromatic carbocycles. The SMILES string of the molecule is CCCCCCCCCCC(O)C1CCC(C2CCC(C(O)CCCCCCCC[C@H](O)CC3=CC(C)OC3=O)O2)O1. The highest BCUT2D eigenvalue weighted by atomic mass is 16.6. The zero-order chi connectivity index (χ0) is 30.2. The number of esters is 1. The summed E-state index contributed by atoms with van der Waals surface area (Å²) >= 11 is 0. The minimum atomic E-state index is -0.482. The summed E-state index contributed by atoms with van der Waals surface area (Å²) < 4.78 is 17.6. The fourth-order valence-electron chi connectivity index (χ4n) is 6.93. The zero-order valence-electron chi connectivity index (χ0n) is 26.7. The van der Waals surface area contributed by atoms with Gasteiger partial charge in [0.1, 0.15) is 6.10 Å². The van der Waals surface area contributed by atoms with Gasteiger partial charge in [-0.1, -0.05) is 96.8 Å². The molecule has 3 aliphatic rings. The second-order valence-corrected chi connectivity index (χ2v) is 13.3. The number of carbonyl (C=O) groups excluding carboxylic acids is 1. The van der Waals surface area contributed by atoms with Gasteiger partial charge in [0, 0.05) is 12.0 Å². The van der Waals surface area contributed by atoms with Crippen molar-refractivity contribution in [3.8, 4) is 0 Å². The van der Waals surface area contributed by atoms with Crippen molar-refractivity contribution in [2.24, 2.45) is 0 Å². The van der Waals surface area contributed by atoms with Crippen molar-refractivity contribution in [2.75, 3.05) is 0 Å². The van der Waals surface area contributed by atoms with Crippen LogP contribution in [0.1, 0.15) is 155 Å². The van der Waals surface area contributed by atoms with E-state index in [2.05, 4.69) is 6.92 Å². The van der Waals surface area contributed by atoms with Crippen LogP contribution in [0.4, 0.5) is 0 Å². The Labute approximate surface area is 255 Å². The van der Waals surface area contributed by atoms with Crippen LogP contribution in [0.5, 0.6) is 0 Å². The van der Waals surface area contributed by atoms with Crippen LogP contribution in [-0.2, 0) is 19.0 Å². The Hall–Kier alpha value is -0.990. The number of aliphatic hydroxyl groups excluding tert-OH is 3. The molecule has 7 nitrogen and oxygen atoms in total. The van der Waals surface area contributed by atoms with Crippen LogP contribution >= 0.6 is 0 Å². The summed E-state index contributed by atoms with van der Waals surface area (Å²) in [4.78, 5) is 11.7. The van der Waals surface area contributed by atoms with Crippen LogP contribution < -0.4 is 0 Å². The minimum Gasteiger partial charge on any atom is -0.455 e. The predicted molar refractivity (Wildman–Crippen MR) is 166 cm³/mol. The number of carbonyl (C=O) groups is 1. The molecule has 0 saturated carbocycles. The third-order valence-corrected chi connectivity index (χ3v) is 9.53. The molecule has 3 rings (SSSR count). The highest BCUT2D eigenvalue weighted by Gasteiger charge is 2.40. The summed E-state index contributed by atoms with van der Waals surface area (Å²) in [6, 6.07) is 0. The molecule has 0 aliphatic carbocycles. The highest BCUT2D eigenvalue weighted by molar-refractivity contribution is 5.90. The van der Waals surface area contributed by atoms with E-state index in [1.807, 2.05) is 6.92 Å². The average Bonchev–Trinajstić information content (AvgIpc) is 3.72. The summed E-state index contributed by atoms with van der Waals surface area (Å²) in [5.74, 6) is -0.290. The molecule has 8 atom stereocenters. The fourth-order valence-corrected chi connectivity index (χ4v) is 6.93. The molecule has 3 aliphatic heterocycles. The van der Waals surface area contributed by atoms with Gasteiger partial charge in [-0.15, -0.1) is 0 Å². The van der Waals surface area contributed by atoms with Gasteiger partial charge in [-0.2, -0.15) is 0 Å². The zero-order valence-corrected chi connectivity index (χ0v) is 26.7. The van der Waals surface area contributed by atoms with Gasteiger partial charge in [-0.25, -0.2) is 4.79 Å². The van der Waals surface area contributed by atoms with E-state index >= 15 is 0 Å². The summed E-state index contributed by atoms with van der Waals surface area (Å²) in [5, 5.41) is 31.6. The van der Waals surface area contributed by atoms with Gasteiger partial charge in [-0.05, 0) is 57.9 Å². The van der Waals surface area contributed by atoms with Crippen molar-refractivity contribution in [1.82, 2.24) is 0 Å². The molecule has 7 heteroatoms. The van der Waals surface area contributed by atoms with Gasteiger partial charge in [-0.3, -0.25) is 0 Å². The van der Waals surface area contributed by atoms with Crippen molar-refractivity contribution in [1.29, 1.82) is 0 Å². The molecule has 0 amide bonds. The number of hydrogen-bond acceptors (Lipinski definition) is 7. The van der Waals surface area contributed by atoms with Gasteiger partial charge in [0.2, 0.25) is 0 Å². The number of aliphatic hydroxyl groups is 3. The third-order valence-electron chi connectivity index (χ3n) is 9.53. The topological polar surface area (TPSA) is 105 Å². The number of cyclic esters (lactones) is 1. The Kier molecular flexibility index (Phi) is 17.0. The number of unbranched alkanes of at least 4 members (excludes halogenated alkanes) is 12. The molecule has 0 bridgehead atoms. The standard InChI is InChI=1S/C35H62O7/c1-3-4-5-6-7-8-12-15-18-29(37)31-20-22-33(41-31)34-23-21-32(42-34)30(38)19-16-13-10-9-11-14-17-28(36)25-27-24-26(2)40-35(27)39/h24,26,28-34,36-38H,3-23,25H2,1-2H3/t26?,28-,29?,30?,31?,32?,33?,34?/m0/s1. The maximum absolute atomic E-state index is 11.7. The summed E-state index contributed by atoms with van der Waals surface area (Å²) in [7, 11) is 0. The van der Waals surface area contributed by atoms with Crippen LogP contribution in [0, 0.1) is 0 Å². The summed E-state index contributed by atoms with van der Waals surface area (Å²) in [5.41, 5.74) is 0.606. The van der Waals surface area contributed by atoms with Crippen molar-refractivity contribution < 1.29 is 34.3 Å². The fraction of sp³-hybridized carbons (Fsp3) is 0.914. The molecule has 3 N–H and O–H groups in total. The van der Waals surface area contributed by atoms with Gasteiger partial charge in [0.15, 0.2) is 0 Å². The van der Waals surface area contributed by atoms with Crippen molar-refractivity contribution >= 4 is 5.97 Å². The van der Waals surface area contributed by atoms with E-state index in [1.165, 1.54) is 44.9 Å². The lowest BCUT2D eigenvalue weighted by atomic mass is 10.00. The first kappa shape index (κ1) is 35.5. The maximum Gasteiger partial charge on any atom is 0.334 e. The van der Waals surface area contributed by atoms with E-state index < -0.39 is 12.2 Å². The van der Waals surface area contributed by atoms with Crippen molar-refractivity contribution in [2.45, 2.75) is 204 Å². The summed E-state index contributed by atoms with van der Waals surface area (Å²) in [6.45, 7) is 4.08. The van der Waals surface area contributed by atoms with E-state index in [0.717, 1.165) is 83.5 Å². The normalized spacial score (nSPS) is 28.2. The molecule has 2 saturated heterocycles. The molecule has 0 aromatic rings. The molecule has 244 valence electrons. The lowest BCUT2D eigenvalue weighted by molar-refractivity contribution is -0.139. The first-order chi connectivity index (χ1) is 20.4. The number of hydrogen-bond donors (Lipinski definition) is 3. The van der Waals surface area contributed by atoms with Gasteiger partial charge in [0.05, 0.1) is 42.7 Å². The average molecular weight is 595 g/mol. The van der Waals surface area contributed by atoms with Crippen molar-refractivity contribution in [3.63, 3.8) is 0 Å². The maximum atomic E-state index is 11.7. The van der Waals surface area contributed by atoms with Gasteiger partial charge < -0.3 is 29.5 Å². The highest BCUT2D eigenvalue weighted by Crippen LogP contribution is 2.34. The molecular formula is C35H62O7. The van der Waals surface area contributed by atoms with Crippen molar-refractivity contribution in [3.05, 3.63) is 11.6 Å². The minimum absolute atomic E-state index is 0.0410. The Morgan fingerprint density at radius 3 is 1.60 bits per heavy atom. The lowest BCUT2D eigenvalue weighted by Gasteiger charge is -2.24. The Morgan fingerprint density at radius 2 is 1.14 bits per heavy atom. The quantitative estimate of drug-likeness (QED) is 0.0858. The molecular weight excluding hydrogens is 532 g/mol. The Bertz CT molecular complexity index is 770. The number of rotatable bonds is 23. The first-order valence-electron chi connectivity index (χ1n) is 17.6. The van der Waals surface area contributed by atoms with E-state index in [4.69, 9.17) is 14.2 Å². The largest absolute Gasteiger partial charge is 0.455 e. The summed E-state index contributed by atoms with van der Waals surface area (Å²) in [6.07, 6.45) is 23.2. The second kappa shape index (κ2) is 20.1.